The third kappa shape index (κ3) is 30.3. The highest BCUT2D eigenvalue weighted by atomic mass is 127. The molecule has 0 spiro atoms. The maximum absolute atomic E-state index is 11.8. The zero-order valence-electron chi connectivity index (χ0n) is 18.6. The van der Waals surface area contributed by atoms with E-state index in [1.54, 1.807) is 0 Å². The van der Waals surface area contributed by atoms with Crippen molar-refractivity contribution in [1.29, 1.82) is 0 Å². The molecule has 0 N–H and O–H groups in total. The minimum atomic E-state index is -0.468. The van der Waals surface area contributed by atoms with Crippen molar-refractivity contribution in [2.75, 3.05) is 130 Å². The van der Waals surface area contributed by atoms with E-state index in [9.17, 15) is 4.39 Å². The minimum Gasteiger partial charge on any atom is -0.378 e. The van der Waals surface area contributed by atoms with Gasteiger partial charge in [-0.1, -0.05) is 22.6 Å². The van der Waals surface area contributed by atoms with Gasteiger partial charge in [0.2, 0.25) is 0 Å². The molecule has 0 aromatic carbocycles. The Morgan fingerprint density at radius 1 is 0.323 bits per heavy atom. The first-order valence-electron chi connectivity index (χ1n) is 10.7. The Morgan fingerprint density at radius 2 is 0.516 bits per heavy atom. The first kappa shape index (κ1) is 31.3. The summed E-state index contributed by atoms with van der Waals surface area (Å²) >= 11 is 2.27. The summed E-state index contributed by atoms with van der Waals surface area (Å²) in [5, 5.41) is 0. The maximum atomic E-state index is 11.8. The van der Waals surface area contributed by atoms with Gasteiger partial charge in [0.25, 0.3) is 0 Å². The molecule has 188 valence electrons. The van der Waals surface area contributed by atoms with Crippen LogP contribution in [0.5, 0.6) is 0 Å². The molecular formula is C20H40FIO9. The monoisotopic (exact) mass is 570 g/mol. The smallest absolute Gasteiger partial charge is 0.113 e. The molecule has 0 bridgehead atoms. The van der Waals surface area contributed by atoms with Gasteiger partial charge in [-0.3, -0.25) is 0 Å². The van der Waals surface area contributed by atoms with Crippen LogP contribution in [0.2, 0.25) is 0 Å². The topological polar surface area (TPSA) is 83.1 Å². The zero-order chi connectivity index (χ0) is 22.5. The Morgan fingerprint density at radius 3 is 0.710 bits per heavy atom. The summed E-state index contributed by atoms with van der Waals surface area (Å²) in [7, 11) is 0. The van der Waals surface area contributed by atoms with E-state index in [1.165, 1.54) is 0 Å². The molecule has 31 heavy (non-hydrogen) atoms. The molecule has 11 heteroatoms. The summed E-state index contributed by atoms with van der Waals surface area (Å²) in [5.41, 5.74) is 0. The average molecular weight is 570 g/mol. The standard InChI is InChI=1S/C20H40FIO9/c21-1-3-23-5-7-25-9-11-27-13-15-29-17-19-31-20-18-30-16-14-28-12-10-26-8-6-24-4-2-22/h1-20H2. The van der Waals surface area contributed by atoms with Gasteiger partial charge < -0.3 is 42.6 Å². The lowest BCUT2D eigenvalue weighted by atomic mass is 10.6. The maximum Gasteiger partial charge on any atom is 0.113 e. The van der Waals surface area contributed by atoms with Gasteiger partial charge in [-0.15, -0.1) is 0 Å². The second-order valence-corrected chi connectivity index (χ2v) is 6.97. The number of ether oxygens (including phenoxy) is 9. The highest BCUT2D eigenvalue weighted by Crippen LogP contribution is 1.87. The first-order chi connectivity index (χ1) is 15.4. The van der Waals surface area contributed by atoms with Gasteiger partial charge in [0.15, 0.2) is 0 Å². The number of halogens is 2. The molecule has 0 amide bonds. The summed E-state index contributed by atoms with van der Waals surface area (Å²) in [6, 6.07) is 0. The van der Waals surface area contributed by atoms with Crippen LogP contribution < -0.4 is 0 Å². The lowest BCUT2D eigenvalue weighted by Gasteiger charge is -2.08. The van der Waals surface area contributed by atoms with Crippen LogP contribution >= 0.6 is 22.6 Å². The molecule has 0 fully saturated rings. The van der Waals surface area contributed by atoms with Crippen molar-refractivity contribution in [3.8, 4) is 0 Å². The number of rotatable bonds is 28. The molecule has 0 rings (SSSR count). The van der Waals surface area contributed by atoms with Crippen LogP contribution in [0.4, 0.5) is 4.39 Å². The van der Waals surface area contributed by atoms with Crippen LogP contribution in [0.1, 0.15) is 0 Å². The van der Waals surface area contributed by atoms with Crippen LogP contribution in [-0.4, -0.2) is 130 Å². The molecule has 0 atom stereocenters. The molecule has 0 heterocycles. The number of hydrogen-bond donors (Lipinski definition) is 0. The summed E-state index contributed by atoms with van der Waals surface area (Å²) in [6.07, 6.45) is 0. The third-order valence-corrected chi connectivity index (χ3v) is 3.86. The van der Waals surface area contributed by atoms with Gasteiger partial charge in [0, 0.05) is 4.43 Å². The quantitative estimate of drug-likeness (QED) is 0.0791. The summed E-state index contributed by atoms with van der Waals surface area (Å²) in [5.74, 6) is 0. The van der Waals surface area contributed by atoms with Gasteiger partial charge in [-0.2, -0.15) is 0 Å². The molecule has 0 aliphatic heterocycles. The van der Waals surface area contributed by atoms with Gasteiger partial charge in [0.1, 0.15) is 6.67 Å². The summed E-state index contributed by atoms with van der Waals surface area (Å²) < 4.78 is 60.6. The lowest BCUT2D eigenvalue weighted by molar-refractivity contribution is -0.0249. The second-order valence-electron chi connectivity index (χ2n) is 5.89. The lowest BCUT2D eigenvalue weighted by Crippen LogP contribution is -2.15. The molecule has 0 radical (unpaired) electrons. The predicted octanol–water partition coefficient (Wildman–Crippen LogP) is 1.54. The van der Waals surface area contributed by atoms with Crippen LogP contribution in [0, 0.1) is 0 Å². The van der Waals surface area contributed by atoms with Gasteiger partial charge in [-0.05, 0) is 0 Å². The van der Waals surface area contributed by atoms with Crippen molar-refractivity contribution < 1.29 is 47.0 Å². The molecule has 0 aliphatic rings. The fourth-order valence-electron chi connectivity index (χ4n) is 1.97. The Balaban J connectivity index is 2.98. The molecule has 0 aromatic heterocycles. The van der Waals surface area contributed by atoms with Crippen molar-refractivity contribution in [3.63, 3.8) is 0 Å². The Labute approximate surface area is 199 Å². The van der Waals surface area contributed by atoms with Crippen LogP contribution in [-0.2, 0) is 42.6 Å². The fraction of sp³-hybridized carbons (Fsp3) is 1.00. The van der Waals surface area contributed by atoms with Gasteiger partial charge in [0.05, 0.1) is 119 Å². The summed E-state index contributed by atoms with van der Waals surface area (Å²) in [4.78, 5) is 0. The van der Waals surface area contributed by atoms with E-state index in [0.717, 1.165) is 11.0 Å². The third-order valence-electron chi connectivity index (χ3n) is 3.42. The van der Waals surface area contributed by atoms with Crippen molar-refractivity contribution in [1.82, 2.24) is 0 Å². The van der Waals surface area contributed by atoms with Crippen LogP contribution in [0.15, 0.2) is 0 Å². The van der Waals surface area contributed by atoms with Crippen LogP contribution in [0.25, 0.3) is 0 Å². The number of hydrogen-bond acceptors (Lipinski definition) is 9. The van der Waals surface area contributed by atoms with E-state index < -0.39 is 6.67 Å². The molecule has 0 aliphatic carbocycles. The normalized spacial score (nSPS) is 11.4. The fourth-order valence-corrected chi connectivity index (χ4v) is 2.28. The van der Waals surface area contributed by atoms with E-state index in [2.05, 4.69) is 22.6 Å². The SMILES string of the molecule is FCCOCCOCCOCCOCCOCCOCCOCCOCCOCCI. The molecule has 0 aromatic rings. The van der Waals surface area contributed by atoms with E-state index in [-0.39, 0.29) is 6.61 Å². The highest BCUT2D eigenvalue weighted by Gasteiger charge is 1.95. The van der Waals surface area contributed by atoms with Crippen molar-refractivity contribution in [3.05, 3.63) is 0 Å². The molecule has 0 saturated heterocycles. The van der Waals surface area contributed by atoms with Crippen LogP contribution in [0.3, 0.4) is 0 Å². The Kier molecular flexibility index (Phi) is 30.6. The molecule has 9 nitrogen and oxygen atoms in total. The molecule has 0 unspecified atom stereocenters. The largest absolute Gasteiger partial charge is 0.378 e. The minimum absolute atomic E-state index is 0.120. The van der Waals surface area contributed by atoms with Crippen molar-refractivity contribution >= 4 is 22.6 Å². The second kappa shape index (κ2) is 30.3. The average Bonchev–Trinajstić information content (AvgIpc) is 2.78. The van der Waals surface area contributed by atoms with Crippen molar-refractivity contribution in [2.24, 2.45) is 0 Å². The van der Waals surface area contributed by atoms with Gasteiger partial charge in [-0.25, -0.2) is 4.39 Å². The van der Waals surface area contributed by atoms with E-state index >= 15 is 0 Å². The summed E-state index contributed by atoms with van der Waals surface area (Å²) in [6.45, 7) is 8.72. The van der Waals surface area contributed by atoms with Gasteiger partial charge >= 0.3 is 0 Å². The first-order valence-corrected chi connectivity index (χ1v) is 12.3. The van der Waals surface area contributed by atoms with E-state index in [0.29, 0.717) is 106 Å². The van der Waals surface area contributed by atoms with Crippen molar-refractivity contribution in [2.45, 2.75) is 0 Å². The molecular weight excluding hydrogens is 530 g/mol. The predicted molar refractivity (Wildman–Crippen MR) is 122 cm³/mol. The van der Waals surface area contributed by atoms with E-state index in [1.807, 2.05) is 0 Å². The Bertz CT molecular complexity index is 292. The molecule has 0 saturated carbocycles. The highest BCUT2D eigenvalue weighted by molar-refractivity contribution is 14.1. The Hall–Kier alpha value is 0.300. The number of alkyl halides is 2. The zero-order valence-corrected chi connectivity index (χ0v) is 20.7. The van der Waals surface area contributed by atoms with E-state index in [4.69, 9.17) is 42.6 Å².